The SMILES string of the molecule is Cc1cc(C)cc(-c2nccc3cc(C)c(C)cc23)c1. The van der Waals surface area contributed by atoms with Crippen LogP contribution in [0.2, 0.25) is 0 Å². The third-order valence-corrected chi connectivity index (χ3v) is 3.87. The summed E-state index contributed by atoms with van der Waals surface area (Å²) in [5.41, 5.74) is 7.49. The van der Waals surface area contributed by atoms with Crippen molar-refractivity contribution in [1.29, 1.82) is 0 Å². The van der Waals surface area contributed by atoms with E-state index in [1.807, 2.05) is 6.20 Å². The fourth-order valence-corrected chi connectivity index (χ4v) is 2.78. The molecule has 0 amide bonds. The van der Waals surface area contributed by atoms with Crippen molar-refractivity contribution < 1.29 is 0 Å². The van der Waals surface area contributed by atoms with Gasteiger partial charge in [0.25, 0.3) is 0 Å². The number of pyridine rings is 1. The highest BCUT2D eigenvalue weighted by atomic mass is 14.7. The van der Waals surface area contributed by atoms with Gasteiger partial charge in [-0.2, -0.15) is 0 Å². The van der Waals surface area contributed by atoms with Crippen LogP contribution in [0.15, 0.2) is 42.6 Å². The summed E-state index contributed by atoms with van der Waals surface area (Å²) in [7, 11) is 0. The van der Waals surface area contributed by atoms with Crippen molar-refractivity contribution in [3.63, 3.8) is 0 Å². The summed E-state index contributed by atoms with van der Waals surface area (Å²) in [4.78, 5) is 4.63. The smallest absolute Gasteiger partial charge is 0.0780 e. The minimum atomic E-state index is 1.08. The second-order valence-corrected chi connectivity index (χ2v) is 5.69. The molecule has 1 heterocycles. The highest BCUT2D eigenvalue weighted by Gasteiger charge is 2.08. The lowest BCUT2D eigenvalue weighted by atomic mass is 9.97. The lowest BCUT2D eigenvalue weighted by molar-refractivity contribution is 1.31. The fraction of sp³-hybridized carbons (Fsp3) is 0.211. The summed E-state index contributed by atoms with van der Waals surface area (Å²) in [5.74, 6) is 0. The van der Waals surface area contributed by atoms with Crippen molar-refractivity contribution in [1.82, 2.24) is 4.98 Å². The number of rotatable bonds is 1. The second kappa shape index (κ2) is 4.75. The van der Waals surface area contributed by atoms with Gasteiger partial charge in [0.15, 0.2) is 0 Å². The van der Waals surface area contributed by atoms with Crippen molar-refractivity contribution in [3.8, 4) is 11.3 Å². The van der Waals surface area contributed by atoms with Gasteiger partial charge < -0.3 is 0 Å². The molecule has 1 heteroatoms. The van der Waals surface area contributed by atoms with Gasteiger partial charge in [-0.3, -0.25) is 4.98 Å². The maximum atomic E-state index is 4.63. The van der Waals surface area contributed by atoms with E-state index in [1.54, 1.807) is 0 Å². The van der Waals surface area contributed by atoms with Crippen LogP contribution in [0.25, 0.3) is 22.0 Å². The average molecular weight is 261 g/mol. The van der Waals surface area contributed by atoms with Crippen LogP contribution in [0.1, 0.15) is 22.3 Å². The molecule has 0 aliphatic rings. The Morgan fingerprint density at radius 3 is 2.10 bits per heavy atom. The predicted molar refractivity (Wildman–Crippen MR) is 86.1 cm³/mol. The maximum Gasteiger partial charge on any atom is 0.0780 e. The van der Waals surface area contributed by atoms with E-state index >= 15 is 0 Å². The number of fused-ring (bicyclic) bond motifs is 1. The van der Waals surface area contributed by atoms with Gasteiger partial charge in [0.1, 0.15) is 0 Å². The summed E-state index contributed by atoms with van der Waals surface area (Å²) in [6.45, 7) is 8.59. The normalized spacial score (nSPS) is 11.0. The third kappa shape index (κ3) is 2.20. The third-order valence-electron chi connectivity index (χ3n) is 3.87. The molecule has 0 aliphatic carbocycles. The molecule has 100 valence electrons. The highest BCUT2D eigenvalue weighted by molar-refractivity contribution is 5.95. The summed E-state index contributed by atoms with van der Waals surface area (Å²) < 4.78 is 0. The molecule has 0 fully saturated rings. The number of hydrogen-bond acceptors (Lipinski definition) is 1. The average Bonchev–Trinajstić information content (AvgIpc) is 2.38. The lowest BCUT2D eigenvalue weighted by Gasteiger charge is -2.10. The van der Waals surface area contributed by atoms with Crippen LogP contribution in [-0.4, -0.2) is 4.98 Å². The van der Waals surface area contributed by atoms with E-state index in [2.05, 4.69) is 69.1 Å². The van der Waals surface area contributed by atoms with E-state index in [0.717, 1.165) is 5.69 Å². The van der Waals surface area contributed by atoms with Crippen molar-refractivity contribution in [2.45, 2.75) is 27.7 Å². The minimum absolute atomic E-state index is 1.08. The van der Waals surface area contributed by atoms with Crippen LogP contribution in [0.5, 0.6) is 0 Å². The van der Waals surface area contributed by atoms with E-state index in [4.69, 9.17) is 0 Å². The molecule has 0 atom stereocenters. The van der Waals surface area contributed by atoms with Crippen LogP contribution < -0.4 is 0 Å². The zero-order valence-corrected chi connectivity index (χ0v) is 12.5. The van der Waals surface area contributed by atoms with Gasteiger partial charge in [0.05, 0.1) is 5.69 Å². The molecule has 0 aliphatic heterocycles. The van der Waals surface area contributed by atoms with Crippen LogP contribution in [0.4, 0.5) is 0 Å². The first kappa shape index (κ1) is 12.9. The molecule has 20 heavy (non-hydrogen) atoms. The Kier molecular flexibility index (Phi) is 3.06. The zero-order chi connectivity index (χ0) is 14.3. The van der Waals surface area contributed by atoms with Gasteiger partial charge in [-0.15, -0.1) is 0 Å². The second-order valence-electron chi connectivity index (χ2n) is 5.69. The van der Waals surface area contributed by atoms with Gasteiger partial charge in [-0.1, -0.05) is 23.3 Å². The monoisotopic (exact) mass is 261 g/mol. The Balaban J connectivity index is 2.33. The number of hydrogen-bond donors (Lipinski definition) is 0. The van der Waals surface area contributed by atoms with Gasteiger partial charge in [0, 0.05) is 17.1 Å². The summed E-state index contributed by atoms with van der Waals surface area (Å²) in [5, 5.41) is 2.50. The fourth-order valence-electron chi connectivity index (χ4n) is 2.78. The molecule has 0 saturated heterocycles. The molecule has 0 unspecified atom stereocenters. The minimum Gasteiger partial charge on any atom is -0.256 e. The van der Waals surface area contributed by atoms with Crippen molar-refractivity contribution >= 4 is 10.8 Å². The van der Waals surface area contributed by atoms with E-state index in [9.17, 15) is 0 Å². The molecule has 0 bridgehead atoms. The van der Waals surface area contributed by atoms with Crippen LogP contribution in [-0.2, 0) is 0 Å². The molecule has 0 N–H and O–H groups in total. The Morgan fingerprint density at radius 2 is 1.40 bits per heavy atom. The largest absolute Gasteiger partial charge is 0.256 e. The number of aromatic nitrogens is 1. The Morgan fingerprint density at radius 1 is 0.750 bits per heavy atom. The first-order chi connectivity index (χ1) is 9.54. The molecule has 3 rings (SSSR count). The topological polar surface area (TPSA) is 12.9 Å². The highest BCUT2D eigenvalue weighted by Crippen LogP contribution is 2.29. The van der Waals surface area contributed by atoms with Crippen molar-refractivity contribution in [3.05, 3.63) is 64.8 Å². The number of nitrogens with zero attached hydrogens (tertiary/aromatic N) is 1. The van der Waals surface area contributed by atoms with Crippen molar-refractivity contribution in [2.75, 3.05) is 0 Å². The van der Waals surface area contributed by atoms with E-state index in [-0.39, 0.29) is 0 Å². The molecule has 1 nitrogen and oxygen atoms in total. The van der Waals surface area contributed by atoms with E-state index < -0.39 is 0 Å². The lowest BCUT2D eigenvalue weighted by Crippen LogP contribution is -1.90. The van der Waals surface area contributed by atoms with Gasteiger partial charge in [0.2, 0.25) is 0 Å². The van der Waals surface area contributed by atoms with Gasteiger partial charge in [-0.25, -0.2) is 0 Å². The van der Waals surface area contributed by atoms with Crippen LogP contribution in [0, 0.1) is 27.7 Å². The molecule has 1 aromatic heterocycles. The molecular weight excluding hydrogens is 242 g/mol. The van der Waals surface area contributed by atoms with E-state index in [0.29, 0.717) is 0 Å². The molecule has 3 aromatic rings. The first-order valence-corrected chi connectivity index (χ1v) is 6.99. The van der Waals surface area contributed by atoms with Crippen LogP contribution >= 0.6 is 0 Å². The molecule has 2 aromatic carbocycles. The van der Waals surface area contributed by atoms with Gasteiger partial charge >= 0.3 is 0 Å². The molecule has 0 radical (unpaired) electrons. The first-order valence-electron chi connectivity index (χ1n) is 6.99. The quantitative estimate of drug-likeness (QED) is 0.591. The molecule has 0 saturated carbocycles. The number of benzene rings is 2. The maximum absolute atomic E-state index is 4.63. The number of aryl methyl sites for hydroxylation is 4. The molecule has 0 spiro atoms. The summed E-state index contributed by atoms with van der Waals surface area (Å²) in [6, 6.07) is 13.2. The summed E-state index contributed by atoms with van der Waals surface area (Å²) >= 11 is 0. The zero-order valence-electron chi connectivity index (χ0n) is 12.5. The Bertz CT molecular complexity index is 780. The van der Waals surface area contributed by atoms with Gasteiger partial charge in [-0.05, 0) is 68.5 Å². The Labute approximate surface area is 120 Å². The Hall–Kier alpha value is -2.15. The predicted octanol–water partition coefficient (Wildman–Crippen LogP) is 5.14. The van der Waals surface area contributed by atoms with E-state index in [1.165, 1.54) is 38.6 Å². The van der Waals surface area contributed by atoms with Crippen LogP contribution in [0.3, 0.4) is 0 Å². The molecular formula is C19H19N. The summed E-state index contributed by atoms with van der Waals surface area (Å²) in [6.07, 6.45) is 1.91. The van der Waals surface area contributed by atoms with Crippen molar-refractivity contribution in [2.24, 2.45) is 0 Å². The standard InChI is InChI=1S/C19H19N/c1-12-7-13(2)9-17(8-12)19-18-11-15(4)14(3)10-16(18)5-6-20-19/h5-11H,1-4H3.